The predicted molar refractivity (Wildman–Crippen MR) is 105 cm³/mol. The zero-order valence-electron chi connectivity index (χ0n) is 15.1. The predicted octanol–water partition coefficient (Wildman–Crippen LogP) is 4.86. The Morgan fingerprint density at radius 2 is 1.81 bits per heavy atom. The zero-order chi connectivity index (χ0) is 19.2. The molecule has 0 spiro atoms. The number of hydrogen-bond donors (Lipinski definition) is 0. The van der Waals surface area contributed by atoms with E-state index in [1.807, 2.05) is 42.3 Å². The van der Waals surface area contributed by atoms with Crippen molar-refractivity contribution in [2.45, 2.75) is 0 Å². The first-order valence-corrected chi connectivity index (χ1v) is 8.24. The molecule has 0 fully saturated rings. The second-order valence-corrected chi connectivity index (χ2v) is 5.81. The maximum atomic E-state index is 14.2. The molecule has 27 heavy (non-hydrogen) atoms. The molecule has 0 aliphatic heterocycles. The first-order chi connectivity index (χ1) is 13.0. The molecule has 0 unspecified atom stereocenters. The van der Waals surface area contributed by atoms with E-state index in [-0.39, 0.29) is 5.82 Å². The van der Waals surface area contributed by atoms with Crippen molar-refractivity contribution >= 4 is 22.8 Å². The van der Waals surface area contributed by atoms with E-state index in [9.17, 15) is 4.39 Å². The SMILES string of the molecule is C=C(N=NN(C)c1cc(F)cc(N(C)c2cccnc2)c1)c1ccccn1. The Hall–Kier alpha value is -3.61. The van der Waals surface area contributed by atoms with Crippen LogP contribution in [0.2, 0.25) is 0 Å². The monoisotopic (exact) mass is 362 g/mol. The lowest BCUT2D eigenvalue weighted by Gasteiger charge is -2.21. The minimum atomic E-state index is -0.371. The number of benzene rings is 1. The topological polar surface area (TPSA) is 57.0 Å². The van der Waals surface area contributed by atoms with Crippen LogP contribution in [0.25, 0.3) is 5.70 Å². The van der Waals surface area contributed by atoms with Gasteiger partial charge in [-0.15, -0.1) is 5.11 Å². The van der Waals surface area contributed by atoms with Crippen LogP contribution in [0.15, 0.2) is 84.0 Å². The summed E-state index contributed by atoms with van der Waals surface area (Å²) in [5, 5.41) is 9.67. The summed E-state index contributed by atoms with van der Waals surface area (Å²) in [5.41, 5.74) is 3.13. The Bertz CT molecular complexity index is 943. The lowest BCUT2D eigenvalue weighted by Crippen LogP contribution is -2.13. The molecular formula is C20H19FN6. The van der Waals surface area contributed by atoms with Gasteiger partial charge in [-0.3, -0.25) is 9.97 Å². The molecule has 0 bridgehead atoms. The van der Waals surface area contributed by atoms with Gasteiger partial charge < -0.3 is 4.90 Å². The van der Waals surface area contributed by atoms with Crippen molar-refractivity contribution in [2.24, 2.45) is 10.3 Å². The second-order valence-electron chi connectivity index (χ2n) is 5.81. The van der Waals surface area contributed by atoms with Crippen LogP contribution in [0.5, 0.6) is 0 Å². The molecule has 0 saturated carbocycles. The Morgan fingerprint density at radius 1 is 1.00 bits per heavy atom. The minimum Gasteiger partial charge on any atom is -0.343 e. The Morgan fingerprint density at radius 3 is 2.52 bits per heavy atom. The molecule has 6 nitrogen and oxygen atoms in total. The summed E-state index contributed by atoms with van der Waals surface area (Å²) in [5.74, 6) is -0.371. The van der Waals surface area contributed by atoms with Gasteiger partial charge >= 0.3 is 0 Å². The first kappa shape index (κ1) is 18.2. The molecule has 136 valence electrons. The van der Waals surface area contributed by atoms with Gasteiger partial charge in [-0.05, 0) is 42.5 Å². The number of hydrogen-bond acceptors (Lipinski definition) is 5. The number of pyridine rings is 2. The van der Waals surface area contributed by atoms with Gasteiger partial charge in [0.25, 0.3) is 0 Å². The molecule has 0 aliphatic carbocycles. The van der Waals surface area contributed by atoms with E-state index >= 15 is 0 Å². The number of nitrogens with zero attached hydrogens (tertiary/aromatic N) is 6. The van der Waals surface area contributed by atoms with Gasteiger partial charge in [0.15, 0.2) is 0 Å². The molecule has 2 aromatic heterocycles. The lowest BCUT2D eigenvalue weighted by atomic mass is 10.2. The highest BCUT2D eigenvalue weighted by Crippen LogP contribution is 2.28. The lowest BCUT2D eigenvalue weighted by molar-refractivity contribution is 0.627. The van der Waals surface area contributed by atoms with Crippen molar-refractivity contribution in [3.8, 4) is 0 Å². The number of aromatic nitrogens is 2. The van der Waals surface area contributed by atoms with Gasteiger partial charge in [0, 0.05) is 32.2 Å². The number of rotatable bonds is 6. The van der Waals surface area contributed by atoms with Gasteiger partial charge in [-0.25, -0.2) is 9.40 Å². The molecule has 0 aliphatic rings. The minimum absolute atomic E-state index is 0.371. The molecule has 0 N–H and O–H groups in total. The van der Waals surface area contributed by atoms with Gasteiger partial charge in [-0.2, -0.15) is 0 Å². The molecule has 1 aromatic carbocycles. The summed E-state index contributed by atoms with van der Waals surface area (Å²) in [4.78, 5) is 10.1. The van der Waals surface area contributed by atoms with E-state index in [1.54, 1.807) is 31.7 Å². The van der Waals surface area contributed by atoms with Crippen LogP contribution in [0.3, 0.4) is 0 Å². The Balaban J connectivity index is 1.81. The quantitative estimate of drug-likeness (QED) is 0.464. The first-order valence-electron chi connectivity index (χ1n) is 8.24. The smallest absolute Gasteiger partial charge is 0.127 e. The largest absolute Gasteiger partial charge is 0.343 e. The Kier molecular flexibility index (Phi) is 5.51. The summed E-state index contributed by atoms with van der Waals surface area (Å²) >= 11 is 0. The third kappa shape index (κ3) is 4.52. The van der Waals surface area contributed by atoms with Gasteiger partial charge in [-0.1, -0.05) is 17.9 Å². The van der Waals surface area contributed by atoms with E-state index in [4.69, 9.17) is 0 Å². The molecule has 0 atom stereocenters. The highest BCUT2D eigenvalue weighted by atomic mass is 19.1. The summed E-state index contributed by atoms with van der Waals surface area (Å²) < 4.78 is 14.2. The standard InChI is InChI=1S/C20H19FN6/c1-15(20-8-4-5-10-23-20)24-25-27(3)19-12-16(21)11-18(13-19)26(2)17-7-6-9-22-14-17/h4-14H,1H2,2-3H3. The summed E-state index contributed by atoms with van der Waals surface area (Å²) in [6.07, 6.45) is 5.06. The fourth-order valence-corrected chi connectivity index (χ4v) is 2.40. The van der Waals surface area contributed by atoms with Crippen LogP contribution in [-0.4, -0.2) is 24.1 Å². The second kappa shape index (κ2) is 8.18. The highest BCUT2D eigenvalue weighted by Gasteiger charge is 2.10. The fraction of sp³-hybridized carbons (Fsp3) is 0.100. The Labute approximate surface area is 157 Å². The molecule has 2 heterocycles. The number of anilines is 3. The molecular weight excluding hydrogens is 343 g/mol. The molecule has 3 aromatic rings. The maximum Gasteiger partial charge on any atom is 0.127 e. The summed E-state index contributed by atoms with van der Waals surface area (Å²) in [6.45, 7) is 3.85. The third-order valence-corrected chi connectivity index (χ3v) is 3.92. The normalized spacial score (nSPS) is 10.8. The van der Waals surface area contributed by atoms with E-state index in [2.05, 4.69) is 26.9 Å². The number of halogens is 1. The molecule has 0 saturated heterocycles. The van der Waals surface area contributed by atoms with E-state index in [1.165, 1.54) is 17.1 Å². The van der Waals surface area contributed by atoms with Crippen molar-refractivity contribution in [1.82, 2.24) is 9.97 Å². The van der Waals surface area contributed by atoms with E-state index < -0.39 is 0 Å². The average molecular weight is 362 g/mol. The van der Waals surface area contributed by atoms with Crippen LogP contribution in [-0.2, 0) is 0 Å². The zero-order valence-corrected chi connectivity index (χ0v) is 15.1. The molecule has 3 rings (SSSR count). The molecule has 7 heteroatoms. The van der Waals surface area contributed by atoms with Crippen molar-refractivity contribution in [2.75, 3.05) is 24.0 Å². The van der Waals surface area contributed by atoms with Crippen molar-refractivity contribution in [3.63, 3.8) is 0 Å². The molecule has 0 amide bonds. The van der Waals surface area contributed by atoms with Crippen LogP contribution >= 0.6 is 0 Å². The van der Waals surface area contributed by atoms with Crippen molar-refractivity contribution in [3.05, 3.63) is 85.2 Å². The highest BCUT2D eigenvalue weighted by molar-refractivity contribution is 5.66. The third-order valence-electron chi connectivity index (χ3n) is 3.92. The molecule has 0 radical (unpaired) electrons. The summed E-state index contributed by atoms with van der Waals surface area (Å²) in [7, 11) is 3.54. The van der Waals surface area contributed by atoms with Crippen LogP contribution in [0, 0.1) is 5.82 Å². The van der Waals surface area contributed by atoms with Crippen LogP contribution in [0.4, 0.5) is 21.5 Å². The summed E-state index contributed by atoms with van der Waals surface area (Å²) in [6, 6.07) is 13.8. The van der Waals surface area contributed by atoms with Crippen LogP contribution in [0.1, 0.15) is 5.69 Å². The van der Waals surface area contributed by atoms with E-state index in [0.717, 1.165) is 5.69 Å². The van der Waals surface area contributed by atoms with Crippen molar-refractivity contribution in [1.29, 1.82) is 0 Å². The van der Waals surface area contributed by atoms with Gasteiger partial charge in [0.2, 0.25) is 0 Å². The van der Waals surface area contributed by atoms with Gasteiger partial charge in [0.05, 0.1) is 23.3 Å². The fourth-order valence-electron chi connectivity index (χ4n) is 2.40. The van der Waals surface area contributed by atoms with Crippen LogP contribution < -0.4 is 9.91 Å². The average Bonchev–Trinajstić information content (AvgIpc) is 2.72. The maximum absolute atomic E-state index is 14.2. The van der Waals surface area contributed by atoms with Crippen molar-refractivity contribution < 1.29 is 4.39 Å². The van der Waals surface area contributed by atoms with Gasteiger partial charge in [0.1, 0.15) is 11.5 Å². The van der Waals surface area contributed by atoms with E-state index in [0.29, 0.717) is 22.8 Å².